The van der Waals surface area contributed by atoms with Gasteiger partial charge >= 0.3 is 0 Å². The Bertz CT molecular complexity index is 1330. The topological polar surface area (TPSA) is 65.1 Å². The minimum Gasteiger partial charge on any atom is -0.493 e. The van der Waals surface area contributed by atoms with Gasteiger partial charge in [0, 0.05) is 0 Å². The molecule has 0 aromatic heterocycles. The zero-order valence-corrected chi connectivity index (χ0v) is 22.8. The molecular weight excluding hydrogens is 566 g/mol. The number of hydrogen-bond donors (Lipinski definition) is 0. The number of aryl methyl sites for hydroxylation is 1. The molecule has 1 saturated heterocycles. The molecule has 0 radical (unpaired) electrons. The molecule has 0 atom stereocenters. The summed E-state index contributed by atoms with van der Waals surface area (Å²) in [5.74, 6) is 1.20. The molecule has 1 fully saturated rings. The van der Waals surface area contributed by atoms with Crippen molar-refractivity contribution in [1.82, 2.24) is 4.90 Å². The van der Waals surface area contributed by atoms with Gasteiger partial charge in [0.2, 0.25) is 0 Å². The molecule has 1 aliphatic heterocycles. The van der Waals surface area contributed by atoms with E-state index in [1.165, 1.54) is 4.90 Å². The zero-order chi connectivity index (χ0) is 25.7. The SMILES string of the molecule is COc1cc(/C=C2\SC(=O)N(CCOc3ccccc3Cl)C2=O)cc(Br)c1OCc1ccccc1C. The van der Waals surface area contributed by atoms with Crippen molar-refractivity contribution in [2.45, 2.75) is 13.5 Å². The number of ether oxygens (including phenoxy) is 3. The molecule has 9 heteroatoms. The number of rotatable bonds is 9. The van der Waals surface area contributed by atoms with E-state index in [0.717, 1.165) is 22.9 Å². The Hall–Kier alpha value is -2.94. The van der Waals surface area contributed by atoms with Crippen molar-refractivity contribution in [3.63, 3.8) is 0 Å². The number of carbonyl (C=O) groups is 2. The number of thioether (sulfide) groups is 1. The Morgan fingerprint density at radius 3 is 2.53 bits per heavy atom. The average Bonchev–Trinajstić information content (AvgIpc) is 3.12. The van der Waals surface area contributed by atoms with Crippen LogP contribution in [0.1, 0.15) is 16.7 Å². The van der Waals surface area contributed by atoms with Crippen molar-refractivity contribution >= 4 is 56.5 Å². The zero-order valence-electron chi connectivity index (χ0n) is 19.6. The number of nitrogens with zero attached hydrogens (tertiary/aromatic N) is 1. The van der Waals surface area contributed by atoms with E-state index in [0.29, 0.717) is 43.8 Å². The van der Waals surface area contributed by atoms with Crippen LogP contribution in [0.4, 0.5) is 4.79 Å². The van der Waals surface area contributed by atoms with Crippen molar-refractivity contribution in [3.05, 3.63) is 91.8 Å². The van der Waals surface area contributed by atoms with Gasteiger partial charge in [-0.2, -0.15) is 0 Å². The quantitative estimate of drug-likeness (QED) is 0.248. The Morgan fingerprint density at radius 2 is 1.78 bits per heavy atom. The predicted octanol–water partition coefficient (Wildman–Crippen LogP) is 7.11. The fourth-order valence-corrected chi connectivity index (χ4v) is 5.17. The summed E-state index contributed by atoms with van der Waals surface area (Å²) in [6.45, 7) is 2.67. The van der Waals surface area contributed by atoms with Gasteiger partial charge < -0.3 is 14.2 Å². The molecule has 1 heterocycles. The van der Waals surface area contributed by atoms with Gasteiger partial charge in [-0.3, -0.25) is 14.5 Å². The first-order valence-corrected chi connectivity index (χ1v) is 13.0. The van der Waals surface area contributed by atoms with E-state index in [2.05, 4.69) is 15.9 Å². The summed E-state index contributed by atoms with van der Waals surface area (Å²) in [5, 5.41) is 0.121. The fraction of sp³-hybridized carbons (Fsp3) is 0.185. The predicted molar refractivity (Wildman–Crippen MR) is 146 cm³/mol. The van der Waals surface area contributed by atoms with Gasteiger partial charge in [-0.25, -0.2) is 0 Å². The van der Waals surface area contributed by atoms with Gasteiger partial charge in [-0.15, -0.1) is 0 Å². The van der Waals surface area contributed by atoms with Crippen LogP contribution in [0.2, 0.25) is 5.02 Å². The lowest BCUT2D eigenvalue weighted by molar-refractivity contribution is -0.123. The molecule has 2 amide bonds. The lowest BCUT2D eigenvalue weighted by Crippen LogP contribution is -2.32. The number of methoxy groups -OCH3 is 1. The van der Waals surface area contributed by atoms with Crippen molar-refractivity contribution in [1.29, 1.82) is 0 Å². The number of para-hydroxylation sites is 1. The third-order valence-electron chi connectivity index (χ3n) is 5.47. The molecule has 4 rings (SSSR count). The summed E-state index contributed by atoms with van der Waals surface area (Å²) < 4.78 is 17.9. The third-order valence-corrected chi connectivity index (χ3v) is 7.27. The van der Waals surface area contributed by atoms with Gasteiger partial charge in [-0.05, 0) is 81.6 Å². The average molecular weight is 589 g/mol. The molecule has 6 nitrogen and oxygen atoms in total. The summed E-state index contributed by atoms with van der Waals surface area (Å²) in [6, 6.07) is 18.6. The molecule has 3 aromatic rings. The first-order valence-electron chi connectivity index (χ1n) is 11.0. The number of halogens is 2. The monoisotopic (exact) mass is 587 g/mol. The Balaban J connectivity index is 1.45. The second-order valence-corrected chi connectivity index (χ2v) is 10.1. The maximum Gasteiger partial charge on any atom is 0.293 e. The number of hydrogen-bond acceptors (Lipinski definition) is 6. The van der Waals surface area contributed by atoms with E-state index >= 15 is 0 Å². The molecule has 1 aliphatic rings. The maximum atomic E-state index is 12.9. The molecule has 0 bridgehead atoms. The number of benzene rings is 3. The van der Waals surface area contributed by atoms with Crippen LogP contribution >= 0.6 is 39.3 Å². The van der Waals surface area contributed by atoms with Crippen LogP contribution in [0.5, 0.6) is 17.2 Å². The lowest BCUT2D eigenvalue weighted by Gasteiger charge is -2.15. The molecule has 36 heavy (non-hydrogen) atoms. The van der Waals surface area contributed by atoms with Gasteiger partial charge in [0.15, 0.2) is 11.5 Å². The van der Waals surface area contributed by atoms with Crippen molar-refractivity contribution < 1.29 is 23.8 Å². The standard InChI is InChI=1S/C27H23BrClNO5S/c1-17-7-3-4-8-19(17)16-35-25-20(28)13-18(14-23(25)33-2)15-24-26(31)30(27(32)36-24)11-12-34-22-10-6-5-9-21(22)29/h3-10,13-15H,11-12,16H2,1-2H3/b24-15-. The second kappa shape index (κ2) is 11.9. The second-order valence-electron chi connectivity index (χ2n) is 7.86. The summed E-state index contributed by atoms with van der Waals surface area (Å²) >= 11 is 10.5. The molecule has 0 spiro atoms. The highest BCUT2D eigenvalue weighted by molar-refractivity contribution is 9.10. The van der Waals surface area contributed by atoms with Crippen LogP contribution in [0.3, 0.4) is 0 Å². The number of imide groups is 1. The van der Waals surface area contributed by atoms with E-state index in [4.69, 9.17) is 25.8 Å². The van der Waals surface area contributed by atoms with E-state index < -0.39 is 0 Å². The molecule has 0 N–H and O–H groups in total. The minimum atomic E-state index is -0.372. The molecule has 0 unspecified atom stereocenters. The maximum absolute atomic E-state index is 12.9. The lowest BCUT2D eigenvalue weighted by atomic mass is 10.1. The molecule has 186 valence electrons. The van der Waals surface area contributed by atoms with Crippen molar-refractivity contribution in [3.8, 4) is 17.2 Å². The normalized spacial score (nSPS) is 14.4. The van der Waals surface area contributed by atoms with Crippen LogP contribution in [0.15, 0.2) is 70.0 Å². The van der Waals surface area contributed by atoms with Crippen LogP contribution in [-0.2, 0) is 11.4 Å². The van der Waals surface area contributed by atoms with E-state index in [9.17, 15) is 9.59 Å². The van der Waals surface area contributed by atoms with Crippen molar-refractivity contribution in [2.75, 3.05) is 20.3 Å². The van der Waals surface area contributed by atoms with Gasteiger partial charge in [0.25, 0.3) is 11.1 Å². The smallest absolute Gasteiger partial charge is 0.293 e. The molecule has 3 aromatic carbocycles. The summed E-state index contributed by atoms with van der Waals surface area (Å²) in [5.41, 5.74) is 2.90. The van der Waals surface area contributed by atoms with Gasteiger partial charge in [0.05, 0.1) is 28.1 Å². The molecule has 0 aliphatic carbocycles. The van der Waals surface area contributed by atoms with Crippen LogP contribution in [0.25, 0.3) is 6.08 Å². The van der Waals surface area contributed by atoms with Crippen LogP contribution in [-0.4, -0.2) is 36.3 Å². The summed E-state index contributed by atoms with van der Waals surface area (Å²) in [4.78, 5) is 26.9. The van der Waals surface area contributed by atoms with Gasteiger partial charge in [0.1, 0.15) is 19.0 Å². The van der Waals surface area contributed by atoms with E-state index in [1.807, 2.05) is 37.3 Å². The van der Waals surface area contributed by atoms with E-state index in [1.54, 1.807) is 43.5 Å². The van der Waals surface area contributed by atoms with Crippen LogP contribution in [0, 0.1) is 6.92 Å². The third kappa shape index (κ3) is 6.06. The number of amides is 2. The Labute approximate surface area is 227 Å². The Kier molecular flexibility index (Phi) is 8.61. The molecule has 0 saturated carbocycles. The summed E-state index contributed by atoms with van der Waals surface area (Å²) in [7, 11) is 1.55. The largest absolute Gasteiger partial charge is 0.493 e. The highest BCUT2D eigenvalue weighted by Gasteiger charge is 2.35. The van der Waals surface area contributed by atoms with Crippen LogP contribution < -0.4 is 14.2 Å². The van der Waals surface area contributed by atoms with Gasteiger partial charge in [-0.1, -0.05) is 48.0 Å². The van der Waals surface area contributed by atoms with Crippen molar-refractivity contribution in [2.24, 2.45) is 0 Å². The first kappa shape index (κ1) is 26.1. The highest BCUT2D eigenvalue weighted by atomic mass is 79.9. The summed E-state index contributed by atoms with van der Waals surface area (Å²) in [6.07, 6.45) is 1.66. The fourth-order valence-electron chi connectivity index (χ4n) is 3.54. The Morgan fingerprint density at radius 1 is 1.03 bits per heavy atom. The number of carbonyl (C=O) groups excluding carboxylic acids is 2. The highest BCUT2D eigenvalue weighted by Crippen LogP contribution is 2.39. The molecular formula is C27H23BrClNO5S. The first-order chi connectivity index (χ1) is 17.4. The minimum absolute atomic E-state index is 0.117. The van der Waals surface area contributed by atoms with E-state index in [-0.39, 0.29) is 24.3 Å².